The van der Waals surface area contributed by atoms with Gasteiger partial charge in [-0.1, -0.05) is 11.2 Å². The molecule has 2 rings (SSSR count). The molecular formula is C13H5F6N3O. The van der Waals surface area contributed by atoms with Crippen molar-refractivity contribution in [1.82, 2.24) is 0 Å². The van der Waals surface area contributed by atoms with Gasteiger partial charge in [0.2, 0.25) is 0 Å². The van der Waals surface area contributed by atoms with Crippen molar-refractivity contribution in [2.75, 3.05) is 0 Å². The lowest BCUT2D eigenvalue weighted by molar-refractivity contribution is -0.138. The molecular weight excluding hydrogens is 328 g/mol. The zero-order valence-corrected chi connectivity index (χ0v) is 10.9. The molecule has 0 saturated heterocycles. The lowest BCUT2D eigenvalue weighted by Crippen LogP contribution is -2.07. The van der Waals surface area contributed by atoms with Crippen molar-refractivity contribution in [2.24, 2.45) is 5.11 Å². The van der Waals surface area contributed by atoms with E-state index in [1.807, 2.05) is 0 Å². The van der Waals surface area contributed by atoms with E-state index in [1.165, 1.54) is 0 Å². The SMILES string of the molecule is [N-]=[N+]=Nc1c(F)cccc1Oc1c(F)cc(C(F)(F)F)cc1F. The van der Waals surface area contributed by atoms with Crippen LogP contribution in [0, 0.1) is 17.5 Å². The van der Waals surface area contributed by atoms with E-state index >= 15 is 0 Å². The second-order valence-electron chi connectivity index (χ2n) is 4.14. The quantitative estimate of drug-likeness (QED) is 0.300. The number of azide groups is 1. The highest BCUT2D eigenvalue weighted by atomic mass is 19.4. The Labute approximate surface area is 124 Å². The van der Waals surface area contributed by atoms with Crippen molar-refractivity contribution in [3.05, 3.63) is 63.8 Å². The van der Waals surface area contributed by atoms with Crippen LogP contribution in [0.1, 0.15) is 5.56 Å². The van der Waals surface area contributed by atoms with Crippen molar-refractivity contribution < 1.29 is 31.1 Å². The maximum Gasteiger partial charge on any atom is 0.416 e. The molecule has 0 atom stereocenters. The number of hydrogen-bond donors (Lipinski definition) is 0. The van der Waals surface area contributed by atoms with E-state index < -0.39 is 46.4 Å². The van der Waals surface area contributed by atoms with Gasteiger partial charge in [-0.15, -0.1) is 0 Å². The number of halogens is 6. The van der Waals surface area contributed by atoms with Crippen LogP contribution in [0.25, 0.3) is 10.4 Å². The monoisotopic (exact) mass is 333 g/mol. The third kappa shape index (κ3) is 3.49. The summed E-state index contributed by atoms with van der Waals surface area (Å²) in [5.74, 6) is -6.06. The summed E-state index contributed by atoms with van der Waals surface area (Å²) in [4.78, 5) is 2.33. The fourth-order valence-corrected chi connectivity index (χ4v) is 1.65. The van der Waals surface area contributed by atoms with Crippen molar-refractivity contribution in [2.45, 2.75) is 6.18 Å². The third-order valence-corrected chi connectivity index (χ3v) is 2.63. The fourth-order valence-electron chi connectivity index (χ4n) is 1.65. The molecule has 0 saturated carbocycles. The van der Waals surface area contributed by atoms with E-state index in [-0.39, 0.29) is 12.1 Å². The summed E-state index contributed by atoms with van der Waals surface area (Å²) in [6, 6.07) is 3.09. The van der Waals surface area contributed by atoms with Gasteiger partial charge in [0, 0.05) is 4.91 Å². The van der Waals surface area contributed by atoms with Crippen molar-refractivity contribution in [3.63, 3.8) is 0 Å². The first-order valence-electron chi connectivity index (χ1n) is 5.81. The van der Waals surface area contributed by atoms with Crippen LogP contribution < -0.4 is 4.74 Å². The van der Waals surface area contributed by atoms with E-state index in [0.717, 1.165) is 18.2 Å². The second-order valence-corrected chi connectivity index (χ2v) is 4.14. The normalized spacial score (nSPS) is 11.0. The second kappa shape index (κ2) is 6.09. The maximum absolute atomic E-state index is 13.7. The molecule has 10 heteroatoms. The molecule has 2 aromatic carbocycles. The zero-order valence-electron chi connectivity index (χ0n) is 10.9. The summed E-state index contributed by atoms with van der Waals surface area (Å²) in [7, 11) is 0. The minimum atomic E-state index is -4.95. The van der Waals surface area contributed by atoms with Crippen molar-refractivity contribution in [1.29, 1.82) is 0 Å². The van der Waals surface area contributed by atoms with Crippen molar-refractivity contribution >= 4 is 5.69 Å². The number of alkyl halides is 3. The molecule has 0 fully saturated rings. The van der Waals surface area contributed by atoms with Gasteiger partial charge in [0.25, 0.3) is 0 Å². The topological polar surface area (TPSA) is 58.0 Å². The average Bonchev–Trinajstić information content (AvgIpc) is 2.45. The molecule has 0 radical (unpaired) electrons. The van der Waals surface area contributed by atoms with Crippen LogP contribution in [-0.4, -0.2) is 0 Å². The Morgan fingerprint density at radius 2 is 1.61 bits per heavy atom. The highest BCUT2D eigenvalue weighted by molar-refractivity contribution is 5.54. The van der Waals surface area contributed by atoms with Crippen molar-refractivity contribution in [3.8, 4) is 11.5 Å². The van der Waals surface area contributed by atoms with Gasteiger partial charge in [0.05, 0.1) is 5.56 Å². The molecule has 0 aliphatic carbocycles. The third-order valence-electron chi connectivity index (χ3n) is 2.63. The number of hydrogen-bond acceptors (Lipinski definition) is 2. The van der Waals surface area contributed by atoms with Gasteiger partial charge in [0.1, 0.15) is 17.3 Å². The van der Waals surface area contributed by atoms with Crippen LogP contribution in [0.3, 0.4) is 0 Å². The summed E-state index contributed by atoms with van der Waals surface area (Å²) in [5.41, 5.74) is 6.10. The van der Waals surface area contributed by atoms with Gasteiger partial charge in [0.15, 0.2) is 17.4 Å². The van der Waals surface area contributed by atoms with Gasteiger partial charge in [-0.25, -0.2) is 13.2 Å². The summed E-state index contributed by atoms with van der Waals surface area (Å²) in [6.07, 6.45) is -4.95. The molecule has 4 nitrogen and oxygen atoms in total. The van der Waals surface area contributed by atoms with Crippen LogP contribution >= 0.6 is 0 Å². The summed E-state index contributed by atoms with van der Waals surface area (Å²) < 4.78 is 82.9. The number of ether oxygens (including phenoxy) is 1. The highest BCUT2D eigenvalue weighted by Gasteiger charge is 2.33. The van der Waals surface area contributed by atoms with E-state index in [2.05, 4.69) is 10.0 Å². The minimum Gasteiger partial charge on any atom is -0.451 e. The molecule has 0 amide bonds. The molecule has 0 heterocycles. The number of rotatable bonds is 3. The molecule has 0 N–H and O–H groups in total. The summed E-state index contributed by atoms with van der Waals surface area (Å²) in [6.45, 7) is 0. The van der Waals surface area contributed by atoms with E-state index in [4.69, 9.17) is 10.3 Å². The average molecular weight is 333 g/mol. The fraction of sp³-hybridized carbons (Fsp3) is 0.0769. The van der Waals surface area contributed by atoms with Crippen LogP contribution in [0.15, 0.2) is 35.4 Å². The lowest BCUT2D eigenvalue weighted by Gasteiger charge is -2.13. The van der Waals surface area contributed by atoms with Crippen LogP contribution in [-0.2, 0) is 6.18 Å². The Hall–Kier alpha value is -2.87. The standard InChI is InChI=1S/C13H5F6N3O/c14-7-2-1-3-10(11(7)21-22-20)23-12-8(15)4-6(5-9(12)16)13(17,18)19/h1-5H. The highest BCUT2D eigenvalue weighted by Crippen LogP contribution is 2.38. The molecule has 0 aliphatic rings. The largest absolute Gasteiger partial charge is 0.451 e. The van der Waals surface area contributed by atoms with Gasteiger partial charge in [-0.2, -0.15) is 13.2 Å². The molecule has 0 aromatic heterocycles. The molecule has 23 heavy (non-hydrogen) atoms. The van der Waals surface area contributed by atoms with Gasteiger partial charge < -0.3 is 4.74 Å². The Morgan fingerprint density at radius 1 is 1.00 bits per heavy atom. The van der Waals surface area contributed by atoms with E-state index in [1.54, 1.807) is 0 Å². The lowest BCUT2D eigenvalue weighted by atomic mass is 10.2. The molecule has 2 aromatic rings. The van der Waals surface area contributed by atoms with E-state index in [9.17, 15) is 26.3 Å². The van der Waals surface area contributed by atoms with Gasteiger partial charge in [-0.05, 0) is 29.8 Å². The Bertz CT molecular complexity index is 776. The minimum absolute atomic E-state index is 0.0327. The summed E-state index contributed by atoms with van der Waals surface area (Å²) in [5, 5.41) is 2.97. The van der Waals surface area contributed by atoms with Crippen LogP contribution in [0.2, 0.25) is 0 Å². The molecule has 0 aliphatic heterocycles. The smallest absolute Gasteiger partial charge is 0.416 e. The summed E-state index contributed by atoms with van der Waals surface area (Å²) >= 11 is 0. The maximum atomic E-state index is 13.7. The predicted octanol–water partition coefficient (Wildman–Crippen LogP) is 5.86. The Kier molecular flexibility index (Phi) is 4.37. The van der Waals surface area contributed by atoms with Gasteiger partial charge in [-0.3, -0.25) is 0 Å². The zero-order chi connectivity index (χ0) is 17.2. The predicted molar refractivity (Wildman–Crippen MR) is 66.6 cm³/mol. The number of nitrogens with zero attached hydrogens (tertiary/aromatic N) is 3. The Balaban J connectivity index is 2.50. The first-order chi connectivity index (χ1) is 10.7. The first-order valence-corrected chi connectivity index (χ1v) is 5.81. The molecule has 120 valence electrons. The van der Waals surface area contributed by atoms with Crippen LogP contribution in [0.4, 0.5) is 32.0 Å². The van der Waals surface area contributed by atoms with E-state index in [0.29, 0.717) is 0 Å². The molecule has 0 unspecified atom stereocenters. The first kappa shape index (κ1) is 16.5. The van der Waals surface area contributed by atoms with Gasteiger partial charge >= 0.3 is 6.18 Å². The Morgan fingerprint density at radius 3 is 2.13 bits per heavy atom. The molecule has 0 spiro atoms. The molecule has 0 bridgehead atoms. The number of benzene rings is 2. The van der Waals surface area contributed by atoms with Crippen LogP contribution in [0.5, 0.6) is 11.5 Å².